The molecule has 2 heterocycles. The number of hydrogen-bond donors (Lipinski definition) is 2. The van der Waals surface area contributed by atoms with Crippen LogP contribution in [0.4, 0.5) is 5.82 Å². The third-order valence-electron chi connectivity index (χ3n) is 4.18. The number of amides is 2. The minimum atomic E-state index is -0.410. The first-order chi connectivity index (χ1) is 13.0. The van der Waals surface area contributed by atoms with Crippen molar-refractivity contribution in [2.75, 3.05) is 12.4 Å². The van der Waals surface area contributed by atoms with Crippen molar-refractivity contribution in [1.82, 2.24) is 14.9 Å². The van der Waals surface area contributed by atoms with Crippen LogP contribution in [0, 0.1) is 0 Å². The van der Waals surface area contributed by atoms with Gasteiger partial charge >= 0.3 is 0 Å². The van der Waals surface area contributed by atoms with Crippen molar-refractivity contribution in [3.05, 3.63) is 46.7 Å². The highest BCUT2D eigenvalue weighted by Gasteiger charge is 2.23. The van der Waals surface area contributed by atoms with Crippen molar-refractivity contribution in [1.29, 1.82) is 0 Å². The van der Waals surface area contributed by atoms with Gasteiger partial charge in [-0.15, -0.1) is 11.3 Å². The summed E-state index contributed by atoms with van der Waals surface area (Å²) in [6.07, 6.45) is 0.511. The quantitative estimate of drug-likeness (QED) is 0.683. The zero-order valence-electron chi connectivity index (χ0n) is 15.3. The Kier molecular flexibility index (Phi) is 5.36. The predicted molar refractivity (Wildman–Crippen MR) is 105 cm³/mol. The molecular formula is C19H20N4O3S. The molecule has 0 aliphatic carbocycles. The molecule has 0 fully saturated rings. The van der Waals surface area contributed by atoms with Crippen molar-refractivity contribution in [2.24, 2.45) is 0 Å². The lowest BCUT2D eigenvalue weighted by Crippen LogP contribution is -2.24. The molecule has 0 aliphatic heterocycles. The lowest BCUT2D eigenvalue weighted by Gasteiger charge is -2.09. The van der Waals surface area contributed by atoms with E-state index in [-0.39, 0.29) is 24.1 Å². The summed E-state index contributed by atoms with van der Waals surface area (Å²) in [5.41, 5.74) is 1.19. The number of hydrogen-bond acceptors (Lipinski definition) is 5. The van der Waals surface area contributed by atoms with Crippen LogP contribution in [-0.2, 0) is 17.8 Å². The molecule has 27 heavy (non-hydrogen) atoms. The molecule has 3 rings (SSSR count). The van der Waals surface area contributed by atoms with Gasteiger partial charge in [-0.1, -0.05) is 25.1 Å². The number of imidazole rings is 1. The summed E-state index contributed by atoms with van der Waals surface area (Å²) in [6, 6.07) is 7.66. The number of anilines is 1. The Hall–Kier alpha value is -3.00. The van der Waals surface area contributed by atoms with Crippen LogP contribution >= 0.6 is 11.3 Å². The summed E-state index contributed by atoms with van der Waals surface area (Å²) < 4.78 is 2.58. The van der Waals surface area contributed by atoms with E-state index in [2.05, 4.69) is 15.6 Å². The van der Waals surface area contributed by atoms with E-state index in [4.69, 9.17) is 0 Å². The normalized spacial score (nSPS) is 10.8. The first-order valence-corrected chi connectivity index (χ1v) is 9.42. The Labute approximate surface area is 160 Å². The number of aromatic nitrogens is 2. The van der Waals surface area contributed by atoms with E-state index in [1.54, 1.807) is 9.95 Å². The molecule has 0 bridgehead atoms. The molecule has 2 N–H and O–H groups in total. The molecule has 0 saturated carbocycles. The molecule has 1 aromatic carbocycles. The number of rotatable bonds is 6. The SMILES string of the molecule is CCc1c(NC(=O)c2csc3ccccc23)nc(C(=O)NC)n1CC(C)=O. The third kappa shape index (κ3) is 3.61. The fourth-order valence-electron chi connectivity index (χ4n) is 2.95. The Morgan fingerprint density at radius 3 is 2.59 bits per heavy atom. The van der Waals surface area contributed by atoms with Crippen LogP contribution in [0.15, 0.2) is 29.6 Å². The number of nitrogens with zero attached hydrogens (tertiary/aromatic N) is 2. The maximum atomic E-state index is 12.8. The second-order valence-electron chi connectivity index (χ2n) is 6.05. The lowest BCUT2D eigenvalue weighted by atomic mass is 10.1. The van der Waals surface area contributed by atoms with Crippen LogP contribution in [0.1, 0.15) is 40.5 Å². The van der Waals surface area contributed by atoms with E-state index >= 15 is 0 Å². The van der Waals surface area contributed by atoms with Gasteiger partial charge in [-0.2, -0.15) is 0 Å². The minimum absolute atomic E-state index is 0.0240. The number of fused-ring (bicyclic) bond motifs is 1. The Balaban J connectivity index is 2.00. The van der Waals surface area contributed by atoms with Crippen LogP contribution in [0.5, 0.6) is 0 Å². The van der Waals surface area contributed by atoms with Gasteiger partial charge in [0.2, 0.25) is 5.82 Å². The number of benzene rings is 1. The topological polar surface area (TPSA) is 93.1 Å². The van der Waals surface area contributed by atoms with Gasteiger partial charge in [0.1, 0.15) is 5.78 Å². The smallest absolute Gasteiger partial charge is 0.287 e. The van der Waals surface area contributed by atoms with E-state index in [9.17, 15) is 14.4 Å². The molecule has 0 aliphatic rings. The zero-order chi connectivity index (χ0) is 19.6. The van der Waals surface area contributed by atoms with Crippen molar-refractivity contribution in [2.45, 2.75) is 26.8 Å². The molecule has 0 spiro atoms. The second kappa shape index (κ2) is 7.71. The van der Waals surface area contributed by atoms with Crippen LogP contribution in [0.3, 0.4) is 0 Å². The molecule has 0 saturated heterocycles. The van der Waals surface area contributed by atoms with E-state index in [1.165, 1.54) is 25.3 Å². The predicted octanol–water partition coefficient (Wildman–Crippen LogP) is 2.86. The number of carbonyl (C=O) groups excluding carboxylic acids is 3. The number of ketones is 1. The monoisotopic (exact) mass is 384 g/mol. The zero-order valence-corrected chi connectivity index (χ0v) is 16.1. The molecular weight excluding hydrogens is 364 g/mol. The lowest BCUT2D eigenvalue weighted by molar-refractivity contribution is -0.117. The molecule has 2 aromatic heterocycles. The van der Waals surface area contributed by atoms with Crippen molar-refractivity contribution >= 4 is 44.8 Å². The third-order valence-corrected chi connectivity index (χ3v) is 5.14. The maximum absolute atomic E-state index is 12.8. The van der Waals surface area contributed by atoms with E-state index in [0.29, 0.717) is 23.5 Å². The maximum Gasteiger partial charge on any atom is 0.287 e. The van der Waals surface area contributed by atoms with Crippen LogP contribution in [0.2, 0.25) is 0 Å². The standard InChI is InChI=1S/C19H20N4O3S/c1-4-14-16(21-17(19(26)20-3)23(14)9-11(2)24)22-18(25)13-10-27-15-8-6-5-7-12(13)15/h5-8,10H,4,9H2,1-3H3,(H,20,26)(H,22,25). The highest BCUT2D eigenvalue weighted by Crippen LogP contribution is 2.27. The average molecular weight is 384 g/mol. The van der Waals surface area contributed by atoms with E-state index in [0.717, 1.165) is 10.1 Å². The number of Topliss-reactive ketones (excluding diaryl/α,β-unsaturated/α-hetero) is 1. The van der Waals surface area contributed by atoms with E-state index < -0.39 is 5.91 Å². The fourth-order valence-corrected chi connectivity index (χ4v) is 3.89. The van der Waals surface area contributed by atoms with Crippen molar-refractivity contribution < 1.29 is 14.4 Å². The van der Waals surface area contributed by atoms with Crippen LogP contribution < -0.4 is 10.6 Å². The van der Waals surface area contributed by atoms with Crippen LogP contribution in [-0.4, -0.2) is 34.2 Å². The summed E-state index contributed by atoms with van der Waals surface area (Å²) in [6.45, 7) is 3.36. The van der Waals surface area contributed by atoms with Gasteiger partial charge in [0.05, 0.1) is 17.8 Å². The average Bonchev–Trinajstić information content (AvgIpc) is 3.22. The largest absolute Gasteiger partial charge is 0.352 e. The molecule has 8 heteroatoms. The summed E-state index contributed by atoms with van der Waals surface area (Å²) in [5.74, 6) is -0.396. The first-order valence-electron chi connectivity index (χ1n) is 8.54. The van der Waals surface area contributed by atoms with Gasteiger partial charge in [0.25, 0.3) is 11.8 Å². The molecule has 7 nitrogen and oxygen atoms in total. The summed E-state index contributed by atoms with van der Waals surface area (Å²) in [7, 11) is 1.50. The number of nitrogens with one attached hydrogen (secondary N) is 2. The Morgan fingerprint density at radius 1 is 1.19 bits per heavy atom. The minimum Gasteiger partial charge on any atom is -0.352 e. The van der Waals surface area contributed by atoms with Gasteiger partial charge in [0.15, 0.2) is 5.82 Å². The Morgan fingerprint density at radius 2 is 1.93 bits per heavy atom. The first kappa shape index (κ1) is 18.8. The Bertz CT molecular complexity index is 1030. The van der Waals surface area contributed by atoms with Gasteiger partial charge in [-0.05, 0) is 19.4 Å². The molecule has 0 radical (unpaired) electrons. The van der Waals surface area contributed by atoms with Gasteiger partial charge in [0, 0.05) is 22.5 Å². The van der Waals surface area contributed by atoms with E-state index in [1.807, 2.05) is 31.2 Å². The summed E-state index contributed by atoms with van der Waals surface area (Å²) in [4.78, 5) is 40.9. The molecule has 2 amide bonds. The van der Waals surface area contributed by atoms with Crippen molar-refractivity contribution in [3.8, 4) is 0 Å². The molecule has 3 aromatic rings. The second-order valence-corrected chi connectivity index (χ2v) is 6.96. The number of carbonyl (C=O) groups is 3. The highest BCUT2D eigenvalue weighted by atomic mass is 32.1. The van der Waals surface area contributed by atoms with Gasteiger partial charge in [-0.25, -0.2) is 4.98 Å². The van der Waals surface area contributed by atoms with Crippen molar-refractivity contribution in [3.63, 3.8) is 0 Å². The summed E-state index contributed by atoms with van der Waals surface area (Å²) in [5, 5.41) is 8.01. The number of thiophene rings is 1. The molecule has 0 atom stereocenters. The van der Waals surface area contributed by atoms with Crippen LogP contribution in [0.25, 0.3) is 10.1 Å². The highest BCUT2D eigenvalue weighted by molar-refractivity contribution is 7.17. The fraction of sp³-hybridized carbons (Fsp3) is 0.263. The van der Waals surface area contributed by atoms with Gasteiger partial charge < -0.3 is 15.2 Å². The van der Waals surface area contributed by atoms with Gasteiger partial charge in [-0.3, -0.25) is 14.4 Å². The molecule has 0 unspecified atom stereocenters. The summed E-state index contributed by atoms with van der Waals surface area (Å²) >= 11 is 1.49. The molecule has 140 valence electrons.